The average molecular weight is 290 g/mol. The molecule has 0 saturated carbocycles. The SMILES string of the molecule is CN1CCCc2cc(CC(CCC(=O)O)NC=O)ccc21. The van der Waals surface area contributed by atoms with Crippen molar-refractivity contribution >= 4 is 18.1 Å². The number of carbonyl (C=O) groups excluding carboxylic acids is 1. The number of nitrogens with one attached hydrogen (secondary N) is 1. The lowest BCUT2D eigenvalue weighted by Crippen LogP contribution is -2.31. The first-order chi connectivity index (χ1) is 10.1. The summed E-state index contributed by atoms with van der Waals surface area (Å²) < 4.78 is 0. The maximum absolute atomic E-state index is 10.7. The van der Waals surface area contributed by atoms with Gasteiger partial charge in [-0.05, 0) is 42.9 Å². The minimum absolute atomic E-state index is 0.0686. The van der Waals surface area contributed by atoms with Crippen LogP contribution in [0, 0.1) is 0 Å². The van der Waals surface area contributed by atoms with Crippen LogP contribution >= 0.6 is 0 Å². The maximum Gasteiger partial charge on any atom is 0.303 e. The normalized spacial score (nSPS) is 15.2. The summed E-state index contributed by atoms with van der Waals surface area (Å²) in [7, 11) is 2.10. The Morgan fingerprint density at radius 1 is 1.52 bits per heavy atom. The van der Waals surface area contributed by atoms with E-state index in [-0.39, 0.29) is 12.5 Å². The summed E-state index contributed by atoms with van der Waals surface area (Å²) in [6, 6.07) is 6.25. The van der Waals surface area contributed by atoms with E-state index in [0.717, 1.165) is 24.9 Å². The van der Waals surface area contributed by atoms with Crippen molar-refractivity contribution in [2.24, 2.45) is 0 Å². The summed E-state index contributed by atoms with van der Waals surface area (Å²) in [5.41, 5.74) is 3.76. The van der Waals surface area contributed by atoms with Crippen molar-refractivity contribution in [1.29, 1.82) is 0 Å². The highest BCUT2D eigenvalue weighted by molar-refractivity contribution is 5.66. The Labute approximate surface area is 125 Å². The molecule has 1 aromatic rings. The number of carboxylic acids is 1. The summed E-state index contributed by atoms with van der Waals surface area (Å²) in [4.78, 5) is 23.6. The predicted octanol–water partition coefficient (Wildman–Crippen LogP) is 1.59. The number of anilines is 1. The van der Waals surface area contributed by atoms with Gasteiger partial charge < -0.3 is 15.3 Å². The number of amides is 1. The van der Waals surface area contributed by atoms with Crippen molar-refractivity contribution < 1.29 is 14.7 Å². The zero-order valence-corrected chi connectivity index (χ0v) is 12.3. The van der Waals surface area contributed by atoms with E-state index in [9.17, 15) is 9.59 Å². The monoisotopic (exact) mass is 290 g/mol. The van der Waals surface area contributed by atoms with Crippen LogP contribution in [-0.4, -0.2) is 37.1 Å². The minimum atomic E-state index is -0.834. The summed E-state index contributed by atoms with van der Waals surface area (Å²) in [5, 5.41) is 11.5. The second kappa shape index (κ2) is 7.11. The zero-order chi connectivity index (χ0) is 15.2. The van der Waals surface area contributed by atoms with Crippen molar-refractivity contribution in [3.63, 3.8) is 0 Å². The first-order valence-corrected chi connectivity index (χ1v) is 7.34. The van der Waals surface area contributed by atoms with Crippen LogP contribution in [0.2, 0.25) is 0 Å². The molecule has 0 aliphatic carbocycles. The molecule has 5 heteroatoms. The van der Waals surface area contributed by atoms with Gasteiger partial charge in [-0.3, -0.25) is 9.59 Å². The van der Waals surface area contributed by atoms with E-state index in [1.807, 2.05) is 0 Å². The van der Waals surface area contributed by atoms with E-state index in [4.69, 9.17) is 5.11 Å². The van der Waals surface area contributed by atoms with Gasteiger partial charge in [0.1, 0.15) is 0 Å². The molecule has 2 rings (SSSR count). The van der Waals surface area contributed by atoms with Crippen LogP contribution in [0.5, 0.6) is 0 Å². The number of benzene rings is 1. The molecule has 1 aliphatic heterocycles. The molecule has 1 aromatic carbocycles. The minimum Gasteiger partial charge on any atom is -0.481 e. The first kappa shape index (κ1) is 15.4. The van der Waals surface area contributed by atoms with Crippen molar-refractivity contribution in [3.05, 3.63) is 29.3 Å². The molecule has 0 bridgehead atoms. The molecule has 1 unspecified atom stereocenters. The lowest BCUT2D eigenvalue weighted by Gasteiger charge is -2.28. The lowest BCUT2D eigenvalue weighted by molar-refractivity contribution is -0.137. The number of rotatable bonds is 7. The van der Waals surface area contributed by atoms with Crippen molar-refractivity contribution in [3.8, 4) is 0 Å². The third-order valence-electron chi connectivity index (χ3n) is 3.99. The molecule has 1 heterocycles. The van der Waals surface area contributed by atoms with Crippen LogP contribution in [-0.2, 0) is 22.4 Å². The third-order valence-corrected chi connectivity index (χ3v) is 3.99. The van der Waals surface area contributed by atoms with Gasteiger partial charge in [0.05, 0.1) is 0 Å². The molecule has 0 spiro atoms. The van der Waals surface area contributed by atoms with Gasteiger partial charge in [-0.2, -0.15) is 0 Å². The largest absolute Gasteiger partial charge is 0.481 e. The number of aliphatic carboxylic acids is 1. The molecule has 5 nitrogen and oxygen atoms in total. The van der Waals surface area contributed by atoms with Gasteiger partial charge in [-0.25, -0.2) is 0 Å². The van der Waals surface area contributed by atoms with Gasteiger partial charge in [0.25, 0.3) is 0 Å². The fourth-order valence-corrected chi connectivity index (χ4v) is 2.89. The van der Waals surface area contributed by atoms with Gasteiger partial charge >= 0.3 is 5.97 Å². The molecule has 0 radical (unpaired) electrons. The predicted molar refractivity (Wildman–Crippen MR) is 81.6 cm³/mol. The maximum atomic E-state index is 10.7. The molecular formula is C16H22N2O3. The van der Waals surface area contributed by atoms with Gasteiger partial charge in [-0.1, -0.05) is 12.1 Å². The Kier molecular flexibility index (Phi) is 5.20. The topological polar surface area (TPSA) is 69.6 Å². The summed E-state index contributed by atoms with van der Waals surface area (Å²) >= 11 is 0. The molecule has 0 fully saturated rings. The second-order valence-corrected chi connectivity index (χ2v) is 5.61. The van der Waals surface area contributed by atoms with Crippen molar-refractivity contribution in [1.82, 2.24) is 5.32 Å². The number of carbonyl (C=O) groups is 2. The number of fused-ring (bicyclic) bond motifs is 1. The van der Waals surface area contributed by atoms with E-state index in [2.05, 4.69) is 35.5 Å². The second-order valence-electron chi connectivity index (χ2n) is 5.61. The Morgan fingerprint density at radius 3 is 3.05 bits per heavy atom. The summed E-state index contributed by atoms with van der Waals surface area (Å²) in [6.07, 6.45) is 4.07. The van der Waals surface area contributed by atoms with Crippen LogP contribution in [0.4, 0.5) is 5.69 Å². The number of carboxylic acid groups (broad SMARTS) is 1. The van der Waals surface area contributed by atoms with Crippen molar-refractivity contribution in [2.45, 2.75) is 38.1 Å². The number of hydrogen-bond acceptors (Lipinski definition) is 3. The van der Waals surface area contributed by atoms with E-state index in [0.29, 0.717) is 19.3 Å². The molecule has 114 valence electrons. The average Bonchev–Trinajstić information content (AvgIpc) is 2.45. The highest BCUT2D eigenvalue weighted by atomic mass is 16.4. The summed E-state index contributed by atoms with van der Waals surface area (Å²) in [6.45, 7) is 1.08. The molecule has 1 amide bonds. The fourth-order valence-electron chi connectivity index (χ4n) is 2.89. The fraction of sp³-hybridized carbons (Fsp3) is 0.500. The number of aryl methyl sites for hydroxylation is 1. The molecule has 1 aliphatic rings. The van der Waals surface area contributed by atoms with Crippen LogP contribution < -0.4 is 10.2 Å². The standard InChI is InChI=1S/C16H22N2O3/c1-18-8-2-3-13-9-12(4-6-15(13)18)10-14(17-11-19)5-7-16(20)21/h4,6,9,11,14H,2-3,5,7-8,10H2,1H3,(H,17,19)(H,20,21). The van der Waals surface area contributed by atoms with E-state index in [1.54, 1.807) is 0 Å². The highest BCUT2D eigenvalue weighted by Crippen LogP contribution is 2.27. The Balaban J connectivity index is 2.06. The Morgan fingerprint density at radius 2 is 2.33 bits per heavy atom. The van der Waals surface area contributed by atoms with E-state index >= 15 is 0 Å². The Bertz CT molecular complexity index is 516. The van der Waals surface area contributed by atoms with Gasteiger partial charge in [0, 0.05) is 31.7 Å². The molecule has 2 N–H and O–H groups in total. The first-order valence-electron chi connectivity index (χ1n) is 7.34. The smallest absolute Gasteiger partial charge is 0.303 e. The zero-order valence-electron chi connectivity index (χ0n) is 12.3. The molecule has 0 saturated heterocycles. The van der Waals surface area contributed by atoms with E-state index < -0.39 is 5.97 Å². The summed E-state index contributed by atoms with van der Waals surface area (Å²) in [5.74, 6) is -0.834. The van der Waals surface area contributed by atoms with Crippen LogP contribution in [0.25, 0.3) is 0 Å². The highest BCUT2D eigenvalue weighted by Gasteiger charge is 2.16. The third kappa shape index (κ3) is 4.21. The van der Waals surface area contributed by atoms with E-state index in [1.165, 1.54) is 11.3 Å². The molecule has 1 atom stereocenters. The van der Waals surface area contributed by atoms with Crippen molar-refractivity contribution in [2.75, 3.05) is 18.5 Å². The lowest BCUT2D eigenvalue weighted by atomic mass is 9.95. The Hall–Kier alpha value is -2.04. The molecule has 0 aromatic heterocycles. The number of nitrogens with zero attached hydrogens (tertiary/aromatic N) is 1. The quantitative estimate of drug-likeness (QED) is 0.748. The van der Waals surface area contributed by atoms with Gasteiger partial charge in [0.2, 0.25) is 6.41 Å². The van der Waals surface area contributed by atoms with Gasteiger partial charge in [0.15, 0.2) is 0 Å². The van der Waals surface area contributed by atoms with Crippen LogP contribution in [0.3, 0.4) is 0 Å². The van der Waals surface area contributed by atoms with Crippen LogP contribution in [0.15, 0.2) is 18.2 Å². The molecule has 21 heavy (non-hydrogen) atoms. The van der Waals surface area contributed by atoms with Gasteiger partial charge in [-0.15, -0.1) is 0 Å². The number of hydrogen-bond donors (Lipinski definition) is 2. The molecular weight excluding hydrogens is 268 g/mol. The van der Waals surface area contributed by atoms with Crippen LogP contribution in [0.1, 0.15) is 30.4 Å².